The predicted molar refractivity (Wildman–Crippen MR) is 122 cm³/mol. The van der Waals surface area contributed by atoms with E-state index in [9.17, 15) is 13.2 Å². The highest BCUT2D eigenvalue weighted by molar-refractivity contribution is 7.89. The van der Waals surface area contributed by atoms with Gasteiger partial charge >= 0.3 is 0 Å². The van der Waals surface area contributed by atoms with Crippen molar-refractivity contribution in [3.05, 3.63) is 35.4 Å². The van der Waals surface area contributed by atoms with Crippen LogP contribution in [0.1, 0.15) is 63.5 Å². The van der Waals surface area contributed by atoms with Crippen LogP contribution < -0.4 is 5.32 Å². The van der Waals surface area contributed by atoms with Crippen LogP contribution in [-0.4, -0.2) is 38.1 Å². The number of hydrogen-bond donors (Lipinski definition) is 1. The predicted octanol–water partition coefficient (Wildman–Crippen LogP) is 3.99. The topological polar surface area (TPSA) is 66.5 Å². The number of benzene rings is 1. The Morgan fingerprint density at radius 2 is 1.65 bits per heavy atom. The third-order valence-electron chi connectivity index (χ3n) is 8.09. The van der Waals surface area contributed by atoms with E-state index < -0.39 is 10.0 Å². The molecule has 1 aromatic rings. The molecule has 168 valence electrons. The summed E-state index contributed by atoms with van der Waals surface area (Å²) in [5.74, 6) is 2.40. The summed E-state index contributed by atoms with van der Waals surface area (Å²) >= 11 is 0. The third-order valence-corrected chi connectivity index (χ3v) is 9.90. The Labute approximate surface area is 186 Å². The molecule has 1 N–H and O–H groups in total. The minimum absolute atomic E-state index is 0.192. The Morgan fingerprint density at radius 3 is 2.19 bits per heavy atom. The van der Waals surface area contributed by atoms with Crippen LogP contribution in [0.5, 0.6) is 0 Å². The second kappa shape index (κ2) is 6.92. The lowest BCUT2D eigenvalue weighted by Gasteiger charge is -2.55. The van der Waals surface area contributed by atoms with Crippen molar-refractivity contribution in [2.75, 3.05) is 14.1 Å². The molecule has 0 atom stereocenters. The summed E-state index contributed by atoms with van der Waals surface area (Å²) in [5.41, 5.74) is 2.33. The van der Waals surface area contributed by atoms with Gasteiger partial charge in [-0.2, -0.15) is 0 Å². The Kier molecular flexibility index (Phi) is 4.73. The average Bonchev–Trinajstić information content (AvgIpc) is 2.65. The zero-order chi connectivity index (χ0) is 22.2. The summed E-state index contributed by atoms with van der Waals surface area (Å²) in [6.45, 7) is 4.26. The Morgan fingerprint density at radius 1 is 1.06 bits per heavy atom. The fourth-order valence-corrected chi connectivity index (χ4v) is 8.02. The molecule has 5 aliphatic rings. The third kappa shape index (κ3) is 3.56. The van der Waals surface area contributed by atoms with E-state index in [1.165, 1.54) is 23.6 Å². The maximum absolute atomic E-state index is 13.7. The summed E-state index contributed by atoms with van der Waals surface area (Å²) in [4.78, 5) is 14.0. The molecule has 0 saturated heterocycles. The van der Waals surface area contributed by atoms with Gasteiger partial charge in [-0.3, -0.25) is 4.79 Å². The second-order valence-electron chi connectivity index (χ2n) is 11.4. The first-order chi connectivity index (χ1) is 14.5. The van der Waals surface area contributed by atoms with Crippen molar-refractivity contribution in [2.24, 2.45) is 23.2 Å². The van der Waals surface area contributed by atoms with Gasteiger partial charge in [-0.25, -0.2) is 12.7 Å². The number of ketones is 1. The van der Waals surface area contributed by atoms with E-state index in [2.05, 4.69) is 19.2 Å². The zero-order valence-corrected chi connectivity index (χ0v) is 19.9. The number of sulfonamides is 1. The maximum atomic E-state index is 13.7. The first-order valence-corrected chi connectivity index (χ1v) is 13.0. The van der Waals surface area contributed by atoms with Gasteiger partial charge in [0.05, 0.1) is 4.90 Å². The van der Waals surface area contributed by atoms with Crippen LogP contribution >= 0.6 is 0 Å². The lowest BCUT2D eigenvalue weighted by atomic mass is 9.48. The van der Waals surface area contributed by atoms with Crippen molar-refractivity contribution in [1.82, 2.24) is 9.62 Å². The van der Waals surface area contributed by atoms with Crippen LogP contribution in [0.15, 0.2) is 29.2 Å². The Hall–Kier alpha value is -1.66. The minimum Gasteiger partial charge on any atom is -0.379 e. The van der Waals surface area contributed by atoms with Crippen molar-refractivity contribution >= 4 is 21.5 Å². The van der Waals surface area contributed by atoms with Crippen LogP contribution in [0.25, 0.3) is 5.70 Å². The number of fused-ring (bicyclic) bond motifs is 1. The number of nitrogens with one attached hydrogen (secondary N) is 1. The molecule has 4 fully saturated rings. The molecule has 1 aliphatic heterocycles. The van der Waals surface area contributed by atoms with Crippen LogP contribution in [-0.2, 0) is 21.2 Å². The molecule has 1 aromatic carbocycles. The molecule has 1 heterocycles. The van der Waals surface area contributed by atoms with Gasteiger partial charge in [0, 0.05) is 42.4 Å². The van der Waals surface area contributed by atoms with E-state index in [-0.39, 0.29) is 21.6 Å². The van der Waals surface area contributed by atoms with E-state index in [1.807, 2.05) is 12.1 Å². The Balaban J connectivity index is 1.55. The van der Waals surface area contributed by atoms with Gasteiger partial charge in [0.15, 0.2) is 5.78 Å². The number of rotatable bonds is 4. The van der Waals surface area contributed by atoms with E-state index in [4.69, 9.17) is 0 Å². The summed E-state index contributed by atoms with van der Waals surface area (Å²) in [7, 11) is -0.444. The van der Waals surface area contributed by atoms with Crippen LogP contribution in [0.4, 0.5) is 0 Å². The number of carbonyl (C=O) groups is 1. The van der Waals surface area contributed by atoms with E-state index in [1.54, 1.807) is 26.2 Å². The van der Waals surface area contributed by atoms with Gasteiger partial charge in [-0.1, -0.05) is 6.07 Å². The van der Waals surface area contributed by atoms with Gasteiger partial charge in [0.1, 0.15) is 0 Å². The quantitative estimate of drug-likeness (QED) is 0.716. The number of allylic oxidation sites excluding steroid dienone is 1. The normalized spacial score (nSPS) is 34.6. The highest BCUT2D eigenvalue weighted by Crippen LogP contribution is 2.60. The van der Waals surface area contributed by atoms with Crippen molar-refractivity contribution in [1.29, 1.82) is 0 Å². The van der Waals surface area contributed by atoms with Crippen LogP contribution in [0.2, 0.25) is 0 Å². The van der Waals surface area contributed by atoms with Crippen molar-refractivity contribution in [3.8, 4) is 0 Å². The average molecular weight is 443 g/mol. The van der Waals surface area contributed by atoms with Gasteiger partial charge in [0.25, 0.3) is 0 Å². The van der Waals surface area contributed by atoms with Crippen LogP contribution in [0, 0.1) is 23.2 Å². The molecule has 6 rings (SSSR count). The molecular weight excluding hydrogens is 408 g/mol. The highest BCUT2D eigenvalue weighted by Gasteiger charge is 2.54. The zero-order valence-electron chi connectivity index (χ0n) is 19.1. The van der Waals surface area contributed by atoms with Gasteiger partial charge in [0.2, 0.25) is 10.0 Å². The van der Waals surface area contributed by atoms with E-state index in [0.717, 1.165) is 42.5 Å². The Bertz CT molecular complexity index is 1030. The maximum Gasteiger partial charge on any atom is 0.242 e. The smallest absolute Gasteiger partial charge is 0.242 e. The van der Waals surface area contributed by atoms with Crippen molar-refractivity contribution in [3.63, 3.8) is 0 Å². The number of nitrogens with zero attached hydrogens (tertiary/aromatic N) is 1. The van der Waals surface area contributed by atoms with Crippen molar-refractivity contribution in [2.45, 2.75) is 69.2 Å². The monoisotopic (exact) mass is 442 g/mol. The van der Waals surface area contributed by atoms with Crippen molar-refractivity contribution < 1.29 is 13.2 Å². The number of hydrogen-bond acceptors (Lipinski definition) is 4. The minimum atomic E-state index is -3.53. The lowest BCUT2D eigenvalue weighted by Crippen LogP contribution is -2.50. The fraction of sp³-hybridized carbons (Fsp3) is 0.640. The molecular formula is C25H34N2O3S. The van der Waals surface area contributed by atoms with E-state index >= 15 is 0 Å². The largest absolute Gasteiger partial charge is 0.379 e. The van der Waals surface area contributed by atoms with Crippen LogP contribution in [0.3, 0.4) is 0 Å². The summed E-state index contributed by atoms with van der Waals surface area (Å²) < 4.78 is 26.7. The highest BCUT2D eigenvalue weighted by atomic mass is 32.2. The summed E-state index contributed by atoms with van der Waals surface area (Å²) in [5, 5.41) is 3.55. The lowest BCUT2D eigenvalue weighted by molar-refractivity contribution is -0.138. The molecule has 0 aromatic heterocycles. The molecule has 5 nitrogen and oxygen atoms in total. The molecule has 0 radical (unpaired) electrons. The molecule has 31 heavy (non-hydrogen) atoms. The fourth-order valence-electron chi connectivity index (χ4n) is 7.09. The molecule has 0 amide bonds. The first kappa shape index (κ1) is 21.2. The summed E-state index contributed by atoms with van der Waals surface area (Å²) in [6.07, 6.45) is 9.63. The number of carbonyl (C=O) groups excluding carboxylic acids is 1. The molecule has 4 bridgehead atoms. The first-order valence-electron chi connectivity index (χ1n) is 11.6. The van der Waals surface area contributed by atoms with E-state index in [0.29, 0.717) is 17.8 Å². The summed E-state index contributed by atoms with van der Waals surface area (Å²) in [6, 6.07) is 5.34. The van der Waals surface area contributed by atoms with Gasteiger partial charge in [-0.05, 0) is 94.2 Å². The standard InChI is InChI=1S/C25H34N2O3S/c1-24(2)15-19-5-6-20(31(29,30)27(3)4)10-21(19)22(26-24)11-23(28)25-12-16-7-17(13-25)9-18(8-16)14-25/h5-6,10-11,16-18,26H,7-9,12-15H2,1-4H3/b22-11-. The SMILES string of the molecule is CN(C)S(=O)(=O)c1ccc2c(c1)/C(=C/C(=O)C13CC4CC(CC(C4)C1)C3)NC(C)(C)C2. The second-order valence-corrected chi connectivity index (χ2v) is 13.6. The van der Waals surface area contributed by atoms with Gasteiger partial charge in [-0.15, -0.1) is 0 Å². The molecule has 0 spiro atoms. The van der Waals surface area contributed by atoms with Gasteiger partial charge < -0.3 is 5.32 Å². The molecule has 0 unspecified atom stereocenters. The molecule has 6 heteroatoms. The molecule has 4 aliphatic carbocycles. The molecule has 4 saturated carbocycles.